The second-order valence-corrected chi connectivity index (χ2v) is 12.7. The average molecular weight is 581 g/mol. The number of rotatable bonds is 9. The van der Waals surface area contributed by atoms with Crippen molar-refractivity contribution >= 4 is 27.4 Å². The molecule has 8 heteroatoms. The number of cyclic esters (lactones) is 1. The highest BCUT2D eigenvalue weighted by Crippen LogP contribution is 2.45. The van der Waals surface area contributed by atoms with Crippen molar-refractivity contribution in [1.29, 1.82) is 0 Å². The van der Waals surface area contributed by atoms with Crippen molar-refractivity contribution in [3.05, 3.63) is 137 Å². The van der Waals surface area contributed by atoms with E-state index in [2.05, 4.69) is 0 Å². The number of nitrogens with zero attached hydrogens (tertiary/aromatic N) is 1. The number of nitrogen functional groups attached to an aromatic ring is 1. The fraction of sp³-hybridized carbons (Fsp3) is 0.206. The number of esters is 1. The van der Waals surface area contributed by atoms with E-state index < -0.39 is 27.3 Å². The molecule has 0 aromatic heterocycles. The van der Waals surface area contributed by atoms with Gasteiger partial charge in [-0.15, -0.1) is 0 Å². The lowest BCUT2D eigenvalue weighted by atomic mass is 9.82. The Morgan fingerprint density at radius 2 is 1.55 bits per heavy atom. The third-order valence-corrected chi connectivity index (χ3v) is 9.68. The molecule has 6 rings (SSSR count). The van der Waals surface area contributed by atoms with Gasteiger partial charge in [0.15, 0.2) is 5.70 Å². The van der Waals surface area contributed by atoms with Gasteiger partial charge in [0.25, 0.3) is 10.0 Å². The molecule has 3 N–H and O–H groups in total. The first-order valence-electron chi connectivity index (χ1n) is 14.0. The van der Waals surface area contributed by atoms with Crippen molar-refractivity contribution in [2.45, 2.75) is 48.5 Å². The number of carbonyl (C=O) groups excluding carboxylic acids is 1. The first kappa shape index (κ1) is 27.6. The monoisotopic (exact) mass is 580 g/mol. The maximum atomic E-state index is 14.3. The van der Waals surface area contributed by atoms with Gasteiger partial charge < -0.3 is 15.6 Å². The molecule has 4 aromatic carbocycles. The van der Waals surface area contributed by atoms with Crippen LogP contribution in [0.15, 0.2) is 126 Å². The standard InChI is InChI=1S/C34H32N2O5S/c35-29-16-7-8-17-30(29)36(42(39,40)28-15-9-12-26(22-28)25-18-19-25)32-31(37)23-34(41-33(32)38,27-13-5-2-6-14-27)21-20-24-10-3-1-4-11-24/h1-17,22,25,37H,18-21,23,35H2. The highest BCUT2D eigenvalue weighted by Gasteiger charge is 2.47. The number of carbonyl (C=O) groups is 1. The first-order valence-corrected chi connectivity index (χ1v) is 15.5. The van der Waals surface area contributed by atoms with Gasteiger partial charge in [0.05, 0.1) is 22.7 Å². The first-order chi connectivity index (χ1) is 20.3. The molecule has 214 valence electrons. The van der Waals surface area contributed by atoms with Crippen LogP contribution in [0.2, 0.25) is 0 Å². The van der Waals surface area contributed by atoms with Crippen LogP contribution in [0.3, 0.4) is 0 Å². The van der Waals surface area contributed by atoms with Crippen LogP contribution in [0.5, 0.6) is 0 Å². The molecular formula is C34H32N2O5S. The van der Waals surface area contributed by atoms with Crippen LogP contribution >= 0.6 is 0 Å². The minimum Gasteiger partial charge on any atom is -0.510 e. The van der Waals surface area contributed by atoms with Crippen molar-refractivity contribution in [2.24, 2.45) is 0 Å². The van der Waals surface area contributed by atoms with Crippen molar-refractivity contribution in [2.75, 3.05) is 10.0 Å². The molecule has 2 aliphatic rings. The van der Waals surface area contributed by atoms with Gasteiger partial charge in [-0.3, -0.25) is 0 Å². The fourth-order valence-electron chi connectivity index (χ4n) is 5.61. The van der Waals surface area contributed by atoms with Crippen molar-refractivity contribution < 1.29 is 23.1 Å². The quantitative estimate of drug-likeness (QED) is 0.171. The molecule has 1 saturated carbocycles. The predicted octanol–water partition coefficient (Wildman–Crippen LogP) is 6.59. The lowest BCUT2D eigenvalue weighted by molar-refractivity contribution is -0.161. The molecule has 1 aliphatic heterocycles. The van der Waals surface area contributed by atoms with Gasteiger partial charge in [-0.2, -0.15) is 0 Å². The Balaban J connectivity index is 1.46. The summed E-state index contributed by atoms with van der Waals surface area (Å²) in [6, 6.07) is 32.2. The van der Waals surface area contributed by atoms with Gasteiger partial charge in [0.2, 0.25) is 0 Å². The van der Waals surface area contributed by atoms with Crippen LogP contribution in [0.1, 0.15) is 48.3 Å². The van der Waals surface area contributed by atoms with Crippen LogP contribution in [-0.2, 0) is 31.6 Å². The third kappa shape index (κ3) is 5.25. The predicted molar refractivity (Wildman–Crippen MR) is 162 cm³/mol. The summed E-state index contributed by atoms with van der Waals surface area (Å²) in [4.78, 5) is 14.0. The Kier molecular flexibility index (Phi) is 7.24. The molecule has 4 aromatic rings. The zero-order valence-corrected chi connectivity index (χ0v) is 23.8. The summed E-state index contributed by atoms with van der Waals surface area (Å²) < 4.78 is 35.7. The fourth-order valence-corrected chi connectivity index (χ4v) is 7.20. The van der Waals surface area contributed by atoms with Gasteiger partial charge in [-0.1, -0.05) is 84.9 Å². The number of hydrogen-bond donors (Lipinski definition) is 2. The Morgan fingerprint density at radius 3 is 2.21 bits per heavy atom. The summed E-state index contributed by atoms with van der Waals surface area (Å²) in [5.74, 6) is -1.01. The molecule has 1 heterocycles. The van der Waals surface area contributed by atoms with E-state index in [0.717, 1.165) is 28.3 Å². The van der Waals surface area contributed by atoms with Crippen LogP contribution < -0.4 is 10.0 Å². The summed E-state index contributed by atoms with van der Waals surface area (Å²) in [6.07, 6.45) is 2.86. The van der Waals surface area contributed by atoms with Crippen molar-refractivity contribution in [3.63, 3.8) is 0 Å². The zero-order chi connectivity index (χ0) is 29.3. The van der Waals surface area contributed by atoms with E-state index >= 15 is 0 Å². The Hall–Kier alpha value is -4.56. The number of nitrogens with two attached hydrogens (primary N) is 1. The lowest BCUT2D eigenvalue weighted by Gasteiger charge is -2.40. The largest absolute Gasteiger partial charge is 0.510 e. The molecule has 1 aliphatic carbocycles. The Bertz CT molecular complexity index is 1750. The van der Waals surface area contributed by atoms with E-state index in [4.69, 9.17) is 10.5 Å². The highest BCUT2D eigenvalue weighted by molar-refractivity contribution is 7.93. The molecule has 0 amide bonds. The maximum absolute atomic E-state index is 14.3. The number of sulfonamides is 1. The summed E-state index contributed by atoms with van der Waals surface area (Å²) in [6.45, 7) is 0. The zero-order valence-electron chi connectivity index (χ0n) is 23.0. The van der Waals surface area contributed by atoms with E-state index in [1.807, 2.05) is 66.7 Å². The second-order valence-electron chi connectivity index (χ2n) is 10.9. The number of hydrogen-bond acceptors (Lipinski definition) is 6. The maximum Gasteiger partial charge on any atom is 0.360 e. The molecule has 1 fully saturated rings. The Morgan fingerprint density at radius 1 is 0.881 bits per heavy atom. The second kappa shape index (κ2) is 11.0. The van der Waals surface area contributed by atoms with Gasteiger partial charge >= 0.3 is 5.97 Å². The highest BCUT2D eigenvalue weighted by atomic mass is 32.2. The average Bonchev–Trinajstić information content (AvgIpc) is 3.86. The molecule has 0 saturated heterocycles. The van der Waals surface area contributed by atoms with Gasteiger partial charge in [0.1, 0.15) is 11.4 Å². The smallest absolute Gasteiger partial charge is 0.360 e. The molecular weight excluding hydrogens is 548 g/mol. The topological polar surface area (TPSA) is 110 Å². The van der Waals surface area contributed by atoms with Crippen LogP contribution in [0.4, 0.5) is 11.4 Å². The van der Waals surface area contributed by atoms with Gasteiger partial charge in [-0.25, -0.2) is 17.5 Å². The van der Waals surface area contributed by atoms with E-state index in [0.29, 0.717) is 24.3 Å². The number of aliphatic hydroxyl groups is 1. The minimum atomic E-state index is -4.39. The number of benzene rings is 4. The van der Waals surface area contributed by atoms with E-state index in [9.17, 15) is 18.3 Å². The molecule has 0 bridgehead atoms. The van der Waals surface area contributed by atoms with E-state index in [-0.39, 0.29) is 28.5 Å². The van der Waals surface area contributed by atoms with Gasteiger partial charge in [0, 0.05) is 0 Å². The number of aliphatic hydroxyl groups excluding tert-OH is 1. The number of ether oxygens (including phenoxy) is 1. The summed E-state index contributed by atoms with van der Waals surface area (Å²) >= 11 is 0. The molecule has 0 radical (unpaired) electrons. The molecule has 42 heavy (non-hydrogen) atoms. The van der Waals surface area contributed by atoms with E-state index in [1.54, 1.807) is 30.3 Å². The summed E-state index contributed by atoms with van der Waals surface area (Å²) in [7, 11) is -4.39. The molecule has 7 nitrogen and oxygen atoms in total. The van der Waals surface area contributed by atoms with E-state index in [1.165, 1.54) is 12.1 Å². The molecule has 1 unspecified atom stereocenters. The van der Waals surface area contributed by atoms with Crippen LogP contribution in [0, 0.1) is 0 Å². The van der Waals surface area contributed by atoms with Crippen molar-refractivity contribution in [3.8, 4) is 0 Å². The minimum absolute atomic E-state index is 0.00669. The normalized spacial score (nSPS) is 18.9. The van der Waals surface area contributed by atoms with Crippen molar-refractivity contribution in [1.82, 2.24) is 0 Å². The number of anilines is 2. The number of para-hydroxylation sites is 2. The SMILES string of the molecule is Nc1ccccc1N(C1=C(O)CC(CCc2ccccc2)(c2ccccc2)OC1=O)S(=O)(=O)c1cccc(C2CC2)c1. The van der Waals surface area contributed by atoms with Gasteiger partial charge in [-0.05, 0) is 72.6 Å². The summed E-state index contributed by atoms with van der Waals surface area (Å²) in [5.41, 5.74) is 7.49. The molecule has 0 spiro atoms. The molecule has 1 atom stereocenters. The lowest BCUT2D eigenvalue weighted by Crippen LogP contribution is -2.44. The Labute approximate surface area is 245 Å². The van der Waals surface area contributed by atoms with Crippen LogP contribution in [0.25, 0.3) is 0 Å². The third-order valence-electron chi connectivity index (χ3n) is 7.97. The number of aryl methyl sites for hydroxylation is 1. The summed E-state index contributed by atoms with van der Waals surface area (Å²) in [5, 5.41) is 11.7. The van der Waals surface area contributed by atoms with Crippen LogP contribution in [-0.4, -0.2) is 19.5 Å².